The van der Waals surface area contributed by atoms with E-state index in [1.165, 1.54) is 11.8 Å². The van der Waals surface area contributed by atoms with Gasteiger partial charge in [-0.15, -0.1) is 16.8 Å². The minimum absolute atomic E-state index is 0.159. The quantitative estimate of drug-likeness (QED) is 0.382. The Labute approximate surface area is 174 Å². The number of aromatic nitrogens is 3. The Kier molecular flexibility index (Phi) is 6.71. The average Bonchev–Trinajstić information content (AvgIpc) is 2.67. The largest absolute Gasteiger partial charge is 0.334 e. The Morgan fingerprint density at radius 1 is 1.15 bits per heavy atom. The number of nitrogens with zero attached hydrogens (tertiary/aromatic N) is 3. The zero-order chi connectivity index (χ0) is 19.2. The second-order valence-electron chi connectivity index (χ2n) is 5.58. The summed E-state index contributed by atoms with van der Waals surface area (Å²) in [7, 11) is 0. The minimum Gasteiger partial charge on any atom is -0.334 e. The van der Waals surface area contributed by atoms with Gasteiger partial charge in [-0.25, -0.2) is 0 Å². The first-order valence-electron chi connectivity index (χ1n) is 8.05. The zero-order valence-electron chi connectivity index (χ0n) is 14.2. The monoisotopic (exact) mass is 462 g/mol. The van der Waals surface area contributed by atoms with E-state index in [1.807, 2.05) is 24.3 Å². The molecule has 0 saturated heterocycles. The molecule has 27 heavy (non-hydrogen) atoms. The van der Waals surface area contributed by atoms with Gasteiger partial charge in [0.1, 0.15) is 0 Å². The van der Waals surface area contributed by atoms with E-state index >= 15 is 0 Å². The highest BCUT2D eigenvalue weighted by Gasteiger charge is 2.12. The van der Waals surface area contributed by atoms with E-state index in [2.05, 4.69) is 38.0 Å². The molecule has 0 saturated carbocycles. The maximum Gasteiger partial charge on any atom is 0.297 e. The van der Waals surface area contributed by atoms with Crippen LogP contribution in [0, 0.1) is 0 Å². The molecule has 0 radical (unpaired) electrons. The van der Waals surface area contributed by atoms with E-state index in [0.29, 0.717) is 28.2 Å². The predicted molar refractivity (Wildman–Crippen MR) is 115 cm³/mol. The first-order chi connectivity index (χ1) is 13.1. The smallest absolute Gasteiger partial charge is 0.297 e. The van der Waals surface area contributed by atoms with Crippen LogP contribution < -0.4 is 10.9 Å². The number of hydrogen-bond donors (Lipinski definition) is 1. The SMILES string of the molecule is C=CCn1c(SCc2ccc(Br)cc2)nnc(Nc2ccc(Cl)cc2)c1=O. The van der Waals surface area contributed by atoms with Crippen LogP contribution in [-0.2, 0) is 12.3 Å². The Hall–Kier alpha value is -2.09. The van der Waals surface area contributed by atoms with E-state index in [0.717, 1.165) is 10.0 Å². The second-order valence-corrected chi connectivity index (χ2v) is 7.88. The fourth-order valence-electron chi connectivity index (χ4n) is 2.28. The van der Waals surface area contributed by atoms with Gasteiger partial charge in [0, 0.05) is 27.5 Å². The van der Waals surface area contributed by atoms with E-state index in [9.17, 15) is 4.79 Å². The third kappa shape index (κ3) is 5.22. The van der Waals surface area contributed by atoms with Crippen molar-refractivity contribution in [3.05, 3.63) is 86.6 Å². The van der Waals surface area contributed by atoms with Crippen LogP contribution in [-0.4, -0.2) is 14.8 Å². The topological polar surface area (TPSA) is 59.8 Å². The van der Waals surface area contributed by atoms with Crippen LogP contribution in [0.1, 0.15) is 5.56 Å². The maximum absolute atomic E-state index is 12.8. The summed E-state index contributed by atoms with van der Waals surface area (Å²) in [5, 5.41) is 12.5. The van der Waals surface area contributed by atoms with Crippen molar-refractivity contribution in [3.63, 3.8) is 0 Å². The summed E-state index contributed by atoms with van der Waals surface area (Å²) in [6, 6.07) is 15.0. The maximum atomic E-state index is 12.8. The molecule has 8 heteroatoms. The highest BCUT2D eigenvalue weighted by atomic mass is 79.9. The van der Waals surface area contributed by atoms with Crippen molar-refractivity contribution in [2.24, 2.45) is 0 Å². The van der Waals surface area contributed by atoms with Gasteiger partial charge in [-0.2, -0.15) is 0 Å². The molecule has 0 fully saturated rings. The van der Waals surface area contributed by atoms with Crippen molar-refractivity contribution in [3.8, 4) is 0 Å². The van der Waals surface area contributed by atoms with Crippen LogP contribution in [0.15, 0.2) is 75.6 Å². The summed E-state index contributed by atoms with van der Waals surface area (Å²) in [6.07, 6.45) is 1.67. The molecule has 0 aliphatic rings. The van der Waals surface area contributed by atoms with E-state index in [4.69, 9.17) is 11.6 Å². The number of benzene rings is 2. The van der Waals surface area contributed by atoms with Gasteiger partial charge in [-0.1, -0.05) is 57.5 Å². The van der Waals surface area contributed by atoms with Gasteiger partial charge in [0.15, 0.2) is 5.16 Å². The molecule has 0 amide bonds. The number of hydrogen-bond acceptors (Lipinski definition) is 5. The van der Waals surface area contributed by atoms with Gasteiger partial charge in [0.25, 0.3) is 5.56 Å². The molecule has 0 bridgehead atoms. The lowest BCUT2D eigenvalue weighted by atomic mass is 10.2. The van der Waals surface area contributed by atoms with Crippen molar-refractivity contribution >= 4 is 50.8 Å². The van der Waals surface area contributed by atoms with E-state index < -0.39 is 0 Å². The van der Waals surface area contributed by atoms with Crippen molar-refractivity contribution in [2.75, 3.05) is 5.32 Å². The second kappa shape index (κ2) is 9.21. The number of rotatable bonds is 7. The van der Waals surface area contributed by atoms with Gasteiger partial charge in [0.05, 0.1) is 0 Å². The lowest BCUT2D eigenvalue weighted by Gasteiger charge is -2.11. The predicted octanol–water partition coefficient (Wildman–Crippen LogP) is 5.28. The molecule has 0 unspecified atom stereocenters. The Bertz CT molecular complexity index is 990. The van der Waals surface area contributed by atoms with Gasteiger partial charge in [0.2, 0.25) is 5.82 Å². The lowest BCUT2D eigenvalue weighted by Crippen LogP contribution is -2.26. The van der Waals surface area contributed by atoms with Crippen molar-refractivity contribution < 1.29 is 0 Å². The van der Waals surface area contributed by atoms with Crippen molar-refractivity contribution in [1.82, 2.24) is 14.8 Å². The molecule has 0 aliphatic heterocycles. The molecule has 5 nitrogen and oxygen atoms in total. The number of thioether (sulfide) groups is 1. The van der Waals surface area contributed by atoms with Crippen LogP contribution in [0.25, 0.3) is 0 Å². The van der Waals surface area contributed by atoms with Crippen LogP contribution >= 0.6 is 39.3 Å². The molecule has 3 aromatic rings. The highest BCUT2D eigenvalue weighted by Crippen LogP contribution is 2.22. The van der Waals surface area contributed by atoms with Gasteiger partial charge < -0.3 is 5.32 Å². The molecule has 0 aliphatic carbocycles. The normalized spacial score (nSPS) is 10.6. The molecule has 1 N–H and O–H groups in total. The molecule has 1 aromatic heterocycles. The van der Waals surface area contributed by atoms with Gasteiger partial charge in [-0.05, 0) is 42.0 Å². The van der Waals surface area contributed by atoms with E-state index in [-0.39, 0.29) is 11.4 Å². The zero-order valence-corrected chi connectivity index (χ0v) is 17.4. The molecular weight excluding hydrogens is 448 g/mol. The number of halogens is 2. The van der Waals surface area contributed by atoms with Crippen LogP contribution in [0.3, 0.4) is 0 Å². The van der Waals surface area contributed by atoms with Crippen molar-refractivity contribution in [1.29, 1.82) is 0 Å². The summed E-state index contributed by atoms with van der Waals surface area (Å²) >= 11 is 10.8. The molecule has 138 valence electrons. The first-order valence-corrected chi connectivity index (χ1v) is 10.2. The van der Waals surface area contributed by atoms with Crippen LogP contribution in [0.5, 0.6) is 0 Å². The summed E-state index contributed by atoms with van der Waals surface area (Å²) in [5.74, 6) is 0.842. The summed E-state index contributed by atoms with van der Waals surface area (Å²) < 4.78 is 2.58. The summed E-state index contributed by atoms with van der Waals surface area (Å²) in [4.78, 5) is 12.8. The van der Waals surface area contributed by atoms with Gasteiger partial charge in [-0.3, -0.25) is 9.36 Å². The van der Waals surface area contributed by atoms with Crippen LogP contribution in [0.4, 0.5) is 11.5 Å². The summed E-state index contributed by atoms with van der Waals surface area (Å²) in [6.45, 7) is 4.09. The number of nitrogens with one attached hydrogen (secondary N) is 1. The fourth-order valence-corrected chi connectivity index (χ4v) is 3.57. The third-order valence-electron chi connectivity index (χ3n) is 3.61. The molecule has 1 heterocycles. The van der Waals surface area contributed by atoms with Gasteiger partial charge >= 0.3 is 0 Å². The standard InChI is InChI=1S/C19H16BrClN4OS/c1-2-11-25-18(26)17(22-16-9-7-15(21)8-10-16)23-24-19(25)27-12-13-3-5-14(20)6-4-13/h2-10H,1,11-12H2,(H,22,23). The Morgan fingerprint density at radius 2 is 1.85 bits per heavy atom. The van der Waals surface area contributed by atoms with Crippen molar-refractivity contribution in [2.45, 2.75) is 17.5 Å². The average molecular weight is 464 g/mol. The third-order valence-corrected chi connectivity index (χ3v) is 5.43. The Morgan fingerprint density at radius 3 is 2.52 bits per heavy atom. The lowest BCUT2D eigenvalue weighted by molar-refractivity contribution is 0.626. The Balaban J connectivity index is 1.83. The molecule has 3 rings (SSSR count). The molecular formula is C19H16BrClN4OS. The molecule has 2 aromatic carbocycles. The minimum atomic E-state index is -0.252. The first kappa shape index (κ1) is 19.7. The highest BCUT2D eigenvalue weighted by molar-refractivity contribution is 9.10. The number of anilines is 2. The fraction of sp³-hybridized carbons (Fsp3) is 0.105. The number of allylic oxidation sites excluding steroid dienone is 1. The molecule has 0 atom stereocenters. The van der Waals surface area contributed by atoms with Crippen LogP contribution in [0.2, 0.25) is 5.02 Å². The summed E-state index contributed by atoms with van der Waals surface area (Å²) in [5.41, 5.74) is 1.59. The van der Waals surface area contributed by atoms with E-state index in [1.54, 1.807) is 34.9 Å². The molecule has 0 spiro atoms.